The molecule has 0 aromatic heterocycles. The van der Waals surface area contributed by atoms with E-state index in [0.717, 1.165) is 12.5 Å². The van der Waals surface area contributed by atoms with Gasteiger partial charge in [-0.05, 0) is 44.3 Å². The highest BCUT2D eigenvalue weighted by atomic mass is 127. The van der Waals surface area contributed by atoms with Gasteiger partial charge in [-0.1, -0.05) is 19.8 Å². The first-order chi connectivity index (χ1) is 11.4. The van der Waals surface area contributed by atoms with E-state index in [-0.39, 0.29) is 41.2 Å². The van der Waals surface area contributed by atoms with Gasteiger partial charge in [0, 0.05) is 31.4 Å². The van der Waals surface area contributed by atoms with Crippen LogP contribution in [0, 0.1) is 5.92 Å². The Bertz CT molecular complexity index is 452. The van der Waals surface area contributed by atoms with Gasteiger partial charge in [0.15, 0.2) is 5.96 Å². The predicted octanol–water partition coefficient (Wildman–Crippen LogP) is 3.09. The van der Waals surface area contributed by atoms with E-state index in [1.807, 2.05) is 11.8 Å². The van der Waals surface area contributed by atoms with Crippen LogP contribution in [-0.4, -0.2) is 60.5 Å². The molecular formula is C18H35IN4OS. The first kappa shape index (κ1) is 22.9. The molecule has 2 N–H and O–H groups in total. The lowest BCUT2D eigenvalue weighted by Crippen LogP contribution is -2.50. The lowest BCUT2D eigenvalue weighted by Gasteiger charge is -2.32. The molecule has 7 heteroatoms. The van der Waals surface area contributed by atoms with Crippen molar-refractivity contribution in [3.63, 3.8) is 0 Å². The summed E-state index contributed by atoms with van der Waals surface area (Å²) in [6, 6.07) is 0.462. The predicted molar refractivity (Wildman–Crippen MR) is 119 cm³/mol. The smallest absolute Gasteiger partial charge is 0.243 e. The first-order valence-corrected chi connectivity index (χ1v) is 10.3. The summed E-state index contributed by atoms with van der Waals surface area (Å²) in [4.78, 5) is 18.0. The van der Waals surface area contributed by atoms with Gasteiger partial charge < -0.3 is 15.5 Å². The Hall–Kier alpha value is -0.180. The van der Waals surface area contributed by atoms with Gasteiger partial charge in [-0.25, -0.2) is 4.99 Å². The Morgan fingerprint density at radius 1 is 1.28 bits per heavy atom. The normalized spacial score (nSPS) is 29.7. The summed E-state index contributed by atoms with van der Waals surface area (Å²) in [5, 5.41) is 7.11. The number of carbonyl (C=O) groups excluding carboxylic acids is 1. The zero-order chi connectivity index (χ0) is 17.6. The third-order valence-corrected chi connectivity index (χ3v) is 6.77. The fourth-order valence-corrected chi connectivity index (χ4v) is 4.64. The minimum atomic E-state index is 0. The Morgan fingerprint density at radius 3 is 2.60 bits per heavy atom. The molecule has 3 atom stereocenters. The lowest BCUT2D eigenvalue weighted by molar-refractivity contribution is -0.127. The lowest BCUT2D eigenvalue weighted by atomic mass is 9.86. The molecular weight excluding hydrogens is 447 g/mol. The Balaban J connectivity index is 0.00000312. The van der Waals surface area contributed by atoms with Gasteiger partial charge in [-0.3, -0.25) is 4.79 Å². The monoisotopic (exact) mass is 482 g/mol. The Morgan fingerprint density at radius 2 is 2.00 bits per heavy atom. The molecule has 1 heterocycles. The third kappa shape index (κ3) is 7.53. The van der Waals surface area contributed by atoms with Gasteiger partial charge in [-0.2, -0.15) is 11.8 Å². The van der Waals surface area contributed by atoms with Crippen LogP contribution >= 0.6 is 35.7 Å². The topological polar surface area (TPSA) is 56.7 Å². The third-order valence-electron chi connectivity index (χ3n) is 5.24. The fraction of sp³-hybridized carbons (Fsp3) is 0.889. The minimum absolute atomic E-state index is 0. The SMILES string of the molecule is CC1CCCCC1NC(=NCC(=O)N(C)C)NCC1(C)CCCS1.I. The van der Waals surface area contributed by atoms with Crippen LogP contribution in [0.2, 0.25) is 0 Å². The highest BCUT2D eigenvalue weighted by Gasteiger charge is 2.30. The number of rotatable bonds is 5. The molecule has 1 amide bonds. The summed E-state index contributed by atoms with van der Waals surface area (Å²) in [7, 11) is 3.55. The van der Waals surface area contributed by atoms with Crippen LogP contribution in [0.15, 0.2) is 4.99 Å². The van der Waals surface area contributed by atoms with Gasteiger partial charge in [0.2, 0.25) is 5.91 Å². The van der Waals surface area contributed by atoms with E-state index in [1.165, 1.54) is 44.3 Å². The van der Waals surface area contributed by atoms with Crippen LogP contribution in [0.1, 0.15) is 52.4 Å². The van der Waals surface area contributed by atoms with Gasteiger partial charge in [0.25, 0.3) is 0 Å². The van der Waals surface area contributed by atoms with E-state index < -0.39 is 0 Å². The molecule has 1 aliphatic heterocycles. The quantitative estimate of drug-likeness (QED) is 0.359. The molecule has 0 aromatic carbocycles. The number of guanidine groups is 1. The second-order valence-corrected chi connectivity index (χ2v) is 9.40. The van der Waals surface area contributed by atoms with Gasteiger partial charge in [-0.15, -0.1) is 24.0 Å². The molecule has 0 bridgehead atoms. The summed E-state index contributed by atoms with van der Waals surface area (Å²) < 4.78 is 0.284. The number of nitrogens with one attached hydrogen (secondary N) is 2. The van der Waals surface area contributed by atoms with Gasteiger partial charge in [0.1, 0.15) is 6.54 Å². The van der Waals surface area contributed by atoms with E-state index >= 15 is 0 Å². The molecule has 2 rings (SSSR count). The maximum absolute atomic E-state index is 11.9. The molecule has 3 unspecified atom stereocenters. The highest BCUT2D eigenvalue weighted by molar-refractivity contribution is 14.0. The summed E-state index contributed by atoms with van der Waals surface area (Å²) in [6.45, 7) is 5.74. The van der Waals surface area contributed by atoms with Gasteiger partial charge >= 0.3 is 0 Å². The Kier molecular flexibility index (Phi) is 9.92. The average Bonchev–Trinajstić information content (AvgIpc) is 2.98. The number of nitrogens with zero attached hydrogens (tertiary/aromatic N) is 2. The van der Waals surface area contributed by atoms with Crippen molar-refractivity contribution in [3.05, 3.63) is 0 Å². The van der Waals surface area contributed by atoms with Crippen LogP contribution in [0.5, 0.6) is 0 Å². The molecule has 2 fully saturated rings. The average molecular weight is 482 g/mol. The number of hydrogen-bond acceptors (Lipinski definition) is 3. The van der Waals surface area contributed by atoms with Crippen molar-refractivity contribution in [2.24, 2.45) is 10.9 Å². The largest absolute Gasteiger partial charge is 0.355 e. The van der Waals surface area contributed by atoms with E-state index in [0.29, 0.717) is 12.0 Å². The molecule has 25 heavy (non-hydrogen) atoms. The van der Waals surface area contributed by atoms with Gasteiger partial charge in [0.05, 0.1) is 0 Å². The molecule has 0 aromatic rings. The molecule has 146 valence electrons. The number of halogens is 1. The summed E-state index contributed by atoms with van der Waals surface area (Å²) in [6.07, 6.45) is 7.60. The maximum atomic E-state index is 11.9. The highest BCUT2D eigenvalue weighted by Crippen LogP contribution is 2.36. The summed E-state index contributed by atoms with van der Waals surface area (Å²) in [5.74, 6) is 2.75. The molecule has 1 saturated heterocycles. The van der Waals surface area contributed by atoms with E-state index in [9.17, 15) is 4.79 Å². The number of aliphatic imine (C=N–C) groups is 1. The van der Waals surface area contributed by atoms with E-state index in [1.54, 1.807) is 19.0 Å². The van der Waals surface area contributed by atoms with Crippen LogP contribution in [-0.2, 0) is 4.79 Å². The maximum Gasteiger partial charge on any atom is 0.243 e. The van der Waals surface area contributed by atoms with E-state index in [2.05, 4.69) is 29.5 Å². The number of amides is 1. The number of likely N-dealkylation sites (N-methyl/N-ethyl adjacent to an activating group) is 1. The zero-order valence-corrected chi connectivity index (χ0v) is 19.3. The molecule has 2 aliphatic rings. The van der Waals surface area contributed by atoms with Crippen molar-refractivity contribution in [2.45, 2.75) is 63.2 Å². The van der Waals surface area contributed by atoms with Crippen molar-refractivity contribution < 1.29 is 4.79 Å². The van der Waals surface area contributed by atoms with Crippen LogP contribution in [0.3, 0.4) is 0 Å². The number of hydrogen-bond donors (Lipinski definition) is 2. The Labute approximate surface area is 174 Å². The van der Waals surface area contributed by atoms with Crippen LogP contribution < -0.4 is 10.6 Å². The second kappa shape index (κ2) is 10.8. The first-order valence-electron chi connectivity index (χ1n) is 9.28. The fourth-order valence-electron chi connectivity index (χ4n) is 3.39. The van der Waals surface area contributed by atoms with Crippen molar-refractivity contribution in [2.75, 3.05) is 32.9 Å². The molecule has 1 saturated carbocycles. The molecule has 1 aliphatic carbocycles. The number of carbonyl (C=O) groups is 1. The van der Waals surface area contributed by atoms with Crippen molar-refractivity contribution in [3.8, 4) is 0 Å². The van der Waals surface area contributed by atoms with E-state index in [4.69, 9.17) is 0 Å². The summed E-state index contributed by atoms with van der Waals surface area (Å²) >= 11 is 2.04. The van der Waals surface area contributed by atoms with Crippen molar-refractivity contribution in [1.82, 2.24) is 15.5 Å². The minimum Gasteiger partial charge on any atom is -0.355 e. The summed E-state index contributed by atoms with van der Waals surface area (Å²) in [5.41, 5.74) is 0. The number of thioether (sulfide) groups is 1. The molecule has 0 radical (unpaired) electrons. The standard InChI is InChI=1S/C18H34N4OS.HI/c1-14-8-5-6-9-15(14)21-17(19-12-16(23)22(3)4)20-13-18(2)10-7-11-24-18;/h14-15H,5-13H2,1-4H3,(H2,19,20,21);1H. The molecule has 5 nitrogen and oxygen atoms in total. The van der Waals surface area contributed by atoms with Crippen LogP contribution in [0.4, 0.5) is 0 Å². The van der Waals surface area contributed by atoms with Crippen molar-refractivity contribution in [1.29, 1.82) is 0 Å². The van der Waals surface area contributed by atoms with Crippen molar-refractivity contribution >= 4 is 47.6 Å². The second-order valence-electron chi connectivity index (χ2n) is 7.72. The molecule has 0 spiro atoms. The van der Waals surface area contributed by atoms with Crippen LogP contribution in [0.25, 0.3) is 0 Å². The zero-order valence-electron chi connectivity index (χ0n) is 16.1.